The Bertz CT molecular complexity index is 288. The van der Waals surface area contributed by atoms with Gasteiger partial charge in [-0.15, -0.1) is 0 Å². The molecule has 16 heavy (non-hydrogen) atoms. The molecule has 0 aromatic carbocycles. The summed E-state index contributed by atoms with van der Waals surface area (Å²) in [4.78, 5) is 22.7. The molecule has 1 fully saturated rings. The maximum atomic E-state index is 11.9. The highest BCUT2D eigenvalue weighted by Crippen LogP contribution is 2.24. The lowest BCUT2D eigenvalue weighted by molar-refractivity contribution is -0.161. The number of esters is 2. The Morgan fingerprint density at radius 2 is 2.25 bits per heavy atom. The highest BCUT2D eigenvalue weighted by Gasteiger charge is 2.38. The zero-order valence-corrected chi connectivity index (χ0v) is 10.2. The van der Waals surface area contributed by atoms with Gasteiger partial charge < -0.3 is 14.8 Å². The molecule has 1 N–H and O–H groups in total. The van der Waals surface area contributed by atoms with Gasteiger partial charge in [0.05, 0.1) is 11.8 Å². The van der Waals surface area contributed by atoms with Crippen molar-refractivity contribution in [1.29, 1.82) is 0 Å². The third-order valence-electron chi connectivity index (χ3n) is 3.14. The van der Waals surface area contributed by atoms with Crippen LogP contribution >= 0.6 is 0 Å². The molecule has 0 aromatic heterocycles. The van der Waals surface area contributed by atoms with Gasteiger partial charge in [-0.1, -0.05) is 0 Å². The van der Waals surface area contributed by atoms with E-state index in [1.165, 1.54) is 0 Å². The van der Waals surface area contributed by atoms with Crippen LogP contribution in [0.25, 0.3) is 0 Å². The van der Waals surface area contributed by atoms with Crippen LogP contribution in [-0.2, 0) is 19.1 Å². The Hall–Kier alpha value is -1.10. The van der Waals surface area contributed by atoms with Gasteiger partial charge in [-0.25, -0.2) is 0 Å². The van der Waals surface area contributed by atoms with E-state index in [0.717, 1.165) is 0 Å². The molecule has 0 bridgehead atoms. The first kappa shape index (κ1) is 13.0. The Balaban J connectivity index is 2.54. The maximum absolute atomic E-state index is 11.9. The molecule has 0 radical (unpaired) electrons. The fraction of sp³-hybridized carbons (Fsp3) is 0.818. The lowest BCUT2D eigenvalue weighted by Gasteiger charge is -2.29. The van der Waals surface area contributed by atoms with Crippen LogP contribution in [-0.4, -0.2) is 37.7 Å². The monoisotopic (exact) mass is 229 g/mol. The Morgan fingerprint density at radius 1 is 1.62 bits per heavy atom. The van der Waals surface area contributed by atoms with Crippen molar-refractivity contribution in [3.8, 4) is 0 Å². The second kappa shape index (κ2) is 4.82. The molecular weight excluding hydrogens is 210 g/mol. The molecule has 92 valence electrons. The van der Waals surface area contributed by atoms with E-state index in [0.29, 0.717) is 0 Å². The number of carbonyl (C=O) groups is 2. The second-order valence-electron chi connectivity index (χ2n) is 4.65. The third kappa shape index (κ3) is 2.72. The van der Waals surface area contributed by atoms with Crippen LogP contribution in [0.1, 0.15) is 27.2 Å². The van der Waals surface area contributed by atoms with E-state index in [1.54, 1.807) is 7.05 Å². The van der Waals surface area contributed by atoms with Gasteiger partial charge in [0, 0.05) is 6.04 Å². The minimum absolute atomic E-state index is 0.00183. The van der Waals surface area contributed by atoms with E-state index < -0.39 is 11.5 Å². The van der Waals surface area contributed by atoms with Crippen molar-refractivity contribution in [1.82, 2.24) is 5.32 Å². The van der Waals surface area contributed by atoms with Crippen LogP contribution < -0.4 is 5.32 Å². The Kier molecular flexibility index (Phi) is 3.91. The van der Waals surface area contributed by atoms with Gasteiger partial charge in [0.2, 0.25) is 0 Å². The van der Waals surface area contributed by atoms with E-state index in [1.807, 2.05) is 20.8 Å². The SMILES string of the molecule is CNC(C)C(C)(C)C(=O)OC1COC(=O)C1. The van der Waals surface area contributed by atoms with E-state index in [4.69, 9.17) is 9.47 Å². The fourth-order valence-electron chi connectivity index (χ4n) is 1.41. The minimum atomic E-state index is -0.625. The summed E-state index contributed by atoms with van der Waals surface area (Å²) in [6, 6.07) is -0.00183. The lowest BCUT2D eigenvalue weighted by atomic mass is 9.85. The number of nitrogens with one attached hydrogen (secondary N) is 1. The summed E-state index contributed by atoms with van der Waals surface area (Å²) in [6.45, 7) is 5.72. The molecule has 2 atom stereocenters. The summed E-state index contributed by atoms with van der Waals surface area (Å²) in [5, 5.41) is 3.02. The van der Waals surface area contributed by atoms with Crippen molar-refractivity contribution in [2.24, 2.45) is 5.41 Å². The van der Waals surface area contributed by atoms with Crippen molar-refractivity contribution >= 4 is 11.9 Å². The standard InChI is InChI=1S/C11H19NO4/c1-7(12-4)11(2,3)10(14)16-8-5-9(13)15-6-8/h7-8,12H,5-6H2,1-4H3. The molecular formula is C11H19NO4. The van der Waals surface area contributed by atoms with Crippen LogP contribution in [0.2, 0.25) is 0 Å². The minimum Gasteiger partial charge on any atom is -0.462 e. The summed E-state index contributed by atoms with van der Waals surface area (Å²) in [7, 11) is 1.79. The number of ether oxygens (including phenoxy) is 2. The Morgan fingerprint density at radius 3 is 2.69 bits per heavy atom. The van der Waals surface area contributed by atoms with E-state index in [2.05, 4.69) is 5.32 Å². The summed E-state index contributed by atoms with van der Waals surface area (Å²) in [5.41, 5.74) is -0.625. The number of hydrogen-bond donors (Lipinski definition) is 1. The molecule has 5 nitrogen and oxygen atoms in total. The van der Waals surface area contributed by atoms with E-state index in [-0.39, 0.29) is 31.0 Å². The number of cyclic esters (lactones) is 1. The molecule has 0 saturated carbocycles. The number of carbonyl (C=O) groups excluding carboxylic acids is 2. The van der Waals surface area contributed by atoms with E-state index in [9.17, 15) is 9.59 Å². The first-order chi connectivity index (χ1) is 7.37. The molecule has 5 heteroatoms. The summed E-state index contributed by atoms with van der Waals surface area (Å²) < 4.78 is 9.98. The summed E-state index contributed by atoms with van der Waals surface area (Å²) >= 11 is 0. The molecule has 1 heterocycles. The van der Waals surface area contributed by atoms with Gasteiger partial charge >= 0.3 is 11.9 Å². The average Bonchev–Trinajstić information content (AvgIpc) is 2.62. The van der Waals surface area contributed by atoms with Gasteiger partial charge in [-0.05, 0) is 27.8 Å². The highest BCUT2D eigenvalue weighted by molar-refractivity contribution is 5.78. The van der Waals surface area contributed by atoms with Crippen molar-refractivity contribution in [3.63, 3.8) is 0 Å². The molecule has 0 aromatic rings. The number of rotatable bonds is 4. The molecule has 0 spiro atoms. The largest absolute Gasteiger partial charge is 0.462 e. The second-order valence-corrected chi connectivity index (χ2v) is 4.65. The van der Waals surface area contributed by atoms with Gasteiger partial charge in [0.25, 0.3) is 0 Å². The molecule has 1 aliphatic rings. The highest BCUT2D eigenvalue weighted by atomic mass is 16.6. The van der Waals surface area contributed by atoms with Gasteiger partial charge in [0.1, 0.15) is 12.7 Å². The predicted octanol–water partition coefficient (Wildman–Crippen LogP) is 0.479. The van der Waals surface area contributed by atoms with Crippen LogP contribution in [0.15, 0.2) is 0 Å². The average molecular weight is 229 g/mol. The molecule has 0 aliphatic carbocycles. The predicted molar refractivity (Wildman–Crippen MR) is 57.8 cm³/mol. The molecule has 0 amide bonds. The Labute approximate surface area is 95.5 Å². The molecule has 1 aliphatic heterocycles. The van der Waals surface area contributed by atoms with Crippen LogP contribution in [0, 0.1) is 5.41 Å². The van der Waals surface area contributed by atoms with Gasteiger partial charge in [-0.3, -0.25) is 9.59 Å². The normalized spacial score (nSPS) is 22.8. The zero-order valence-electron chi connectivity index (χ0n) is 10.2. The fourth-order valence-corrected chi connectivity index (χ4v) is 1.41. The topological polar surface area (TPSA) is 64.6 Å². The third-order valence-corrected chi connectivity index (χ3v) is 3.14. The lowest BCUT2D eigenvalue weighted by Crippen LogP contribution is -2.45. The van der Waals surface area contributed by atoms with Crippen LogP contribution in [0.3, 0.4) is 0 Å². The summed E-state index contributed by atoms with van der Waals surface area (Å²) in [5.74, 6) is -0.616. The summed E-state index contributed by atoms with van der Waals surface area (Å²) in [6.07, 6.45) is -0.265. The van der Waals surface area contributed by atoms with Crippen molar-refractivity contribution in [3.05, 3.63) is 0 Å². The first-order valence-corrected chi connectivity index (χ1v) is 5.42. The van der Waals surface area contributed by atoms with Crippen molar-refractivity contribution in [2.75, 3.05) is 13.7 Å². The van der Waals surface area contributed by atoms with E-state index >= 15 is 0 Å². The number of hydrogen-bond acceptors (Lipinski definition) is 5. The van der Waals surface area contributed by atoms with Crippen molar-refractivity contribution < 1.29 is 19.1 Å². The maximum Gasteiger partial charge on any atom is 0.313 e. The van der Waals surface area contributed by atoms with Crippen molar-refractivity contribution in [2.45, 2.75) is 39.3 Å². The van der Waals surface area contributed by atoms with Gasteiger partial charge in [-0.2, -0.15) is 0 Å². The van der Waals surface area contributed by atoms with Gasteiger partial charge in [0.15, 0.2) is 0 Å². The van der Waals surface area contributed by atoms with Crippen LogP contribution in [0.5, 0.6) is 0 Å². The molecule has 1 saturated heterocycles. The first-order valence-electron chi connectivity index (χ1n) is 5.42. The molecule has 1 rings (SSSR count). The van der Waals surface area contributed by atoms with Crippen LogP contribution in [0.4, 0.5) is 0 Å². The molecule has 2 unspecified atom stereocenters. The smallest absolute Gasteiger partial charge is 0.313 e. The quantitative estimate of drug-likeness (QED) is 0.710. The zero-order chi connectivity index (χ0) is 12.3.